The smallest absolute Gasteiger partial charge is 0.130 e. The maximum atomic E-state index is 4.58. The van der Waals surface area contributed by atoms with Gasteiger partial charge in [-0.25, -0.2) is 4.98 Å². The van der Waals surface area contributed by atoms with Gasteiger partial charge in [0.2, 0.25) is 0 Å². The SMILES string of the molecule is c1nc2c(c3c(C4CCNCC4)n[nH]c13)CCN2. The van der Waals surface area contributed by atoms with Crippen molar-refractivity contribution in [3.05, 3.63) is 17.5 Å². The van der Waals surface area contributed by atoms with Crippen LogP contribution in [0.3, 0.4) is 0 Å². The second kappa shape index (κ2) is 3.95. The fourth-order valence-electron chi connectivity index (χ4n) is 3.20. The van der Waals surface area contributed by atoms with E-state index in [0.29, 0.717) is 5.92 Å². The summed E-state index contributed by atoms with van der Waals surface area (Å²) in [5.41, 5.74) is 3.70. The van der Waals surface area contributed by atoms with Crippen LogP contribution in [0.5, 0.6) is 0 Å². The van der Waals surface area contributed by atoms with Crippen LogP contribution in [0.4, 0.5) is 5.82 Å². The van der Waals surface area contributed by atoms with Crippen LogP contribution in [-0.4, -0.2) is 34.8 Å². The van der Waals surface area contributed by atoms with Gasteiger partial charge in [0, 0.05) is 23.4 Å². The normalized spacial score (nSPS) is 20.0. The number of piperidine rings is 1. The number of aromatic amines is 1. The van der Waals surface area contributed by atoms with Crippen LogP contribution in [0, 0.1) is 0 Å². The molecule has 2 aliphatic heterocycles. The highest BCUT2D eigenvalue weighted by Gasteiger charge is 2.24. The van der Waals surface area contributed by atoms with E-state index in [9.17, 15) is 0 Å². The Bertz CT molecular complexity index is 582. The van der Waals surface area contributed by atoms with E-state index in [4.69, 9.17) is 0 Å². The van der Waals surface area contributed by atoms with Crippen LogP contribution in [0.25, 0.3) is 10.9 Å². The predicted molar refractivity (Wildman–Crippen MR) is 70.9 cm³/mol. The molecule has 0 amide bonds. The highest BCUT2D eigenvalue weighted by Crippen LogP contribution is 2.35. The Hall–Kier alpha value is -1.62. The number of H-pyrrole nitrogens is 1. The summed E-state index contributed by atoms with van der Waals surface area (Å²) in [5.74, 6) is 1.64. The molecule has 0 spiro atoms. The second-order valence-corrected chi connectivity index (χ2v) is 5.18. The first-order valence-electron chi connectivity index (χ1n) is 6.74. The largest absolute Gasteiger partial charge is 0.369 e. The average Bonchev–Trinajstić information content (AvgIpc) is 3.05. The number of aromatic nitrogens is 3. The molecule has 5 heteroatoms. The Morgan fingerprint density at radius 1 is 1.17 bits per heavy atom. The van der Waals surface area contributed by atoms with Gasteiger partial charge in [0.25, 0.3) is 0 Å². The van der Waals surface area contributed by atoms with Gasteiger partial charge in [-0.1, -0.05) is 0 Å². The molecule has 0 radical (unpaired) electrons. The van der Waals surface area contributed by atoms with Crippen LogP contribution < -0.4 is 10.6 Å². The highest BCUT2D eigenvalue weighted by atomic mass is 15.1. The van der Waals surface area contributed by atoms with Crippen molar-refractivity contribution < 1.29 is 0 Å². The molecule has 4 heterocycles. The third-order valence-electron chi connectivity index (χ3n) is 4.13. The van der Waals surface area contributed by atoms with Gasteiger partial charge in [0.15, 0.2) is 0 Å². The first-order chi connectivity index (χ1) is 8.93. The molecular formula is C13H17N5. The van der Waals surface area contributed by atoms with Gasteiger partial charge in [0.1, 0.15) is 5.82 Å². The number of hydrogen-bond donors (Lipinski definition) is 3. The number of nitrogens with one attached hydrogen (secondary N) is 3. The first kappa shape index (κ1) is 10.3. The number of nitrogens with zero attached hydrogens (tertiary/aromatic N) is 2. The molecule has 2 aliphatic rings. The third kappa shape index (κ3) is 1.43. The quantitative estimate of drug-likeness (QED) is 0.708. The van der Waals surface area contributed by atoms with E-state index < -0.39 is 0 Å². The van der Waals surface area contributed by atoms with Gasteiger partial charge in [0.05, 0.1) is 17.4 Å². The summed E-state index contributed by atoms with van der Waals surface area (Å²) < 4.78 is 0. The molecule has 0 aromatic carbocycles. The summed E-state index contributed by atoms with van der Waals surface area (Å²) in [5, 5.41) is 15.8. The zero-order valence-corrected chi connectivity index (χ0v) is 10.3. The van der Waals surface area contributed by atoms with Crippen molar-refractivity contribution in [1.82, 2.24) is 20.5 Å². The number of fused-ring (bicyclic) bond motifs is 3. The van der Waals surface area contributed by atoms with Crippen LogP contribution in [0.2, 0.25) is 0 Å². The minimum absolute atomic E-state index is 0.590. The summed E-state index contributed by atoms with van der Waals surface area (Å²) in [6.45, 7) is 3.20. The van der Waals surface area contributed by atoms with Gasteiger partial charge in [-0.05, 0) is 32.4 Å². The molecule has 0 atom stereocenters. The van der Waals surface area contributed by atoms with Crippen LogP contribution in [-0.2, 0) is 6.42 Å². The van der Waals surface area contributed by atoms with E-state index >= 15 is 0 Å². The van der Waals surface area contributed by atoms with Crippen molar-refractivity contribution in [3.63, 3.8) is 0 Å². The fourth-order valence-corrected chi connectivity index (χ4v) is 3.20. The summed E-state index contributed by atoms with van der Waals surface area (Å²) in [6, 6.07) is 0. The molecule has 18 heavy (non-hydrogen) atoms. The van der Waals surface area contributed by atoms with E-state index in [1.54, 1.807) is 0 Å². The number of pyridine rings is 1. The van der Waals surface area contributed by atoms with Crippen LogP contribution in [0.1, 0.15) is 30.0 Å². The van der Waals surface area contributed by atoms with Crippen molar-refractivity contribution in [2.24, 2.45) is 0 Å². The van der Waals surface area contributed by atoms with Crippen molar-refractivity contribution >= 4 is 16.7 Å². The summed E-state index contributed by atoms with van der Waals surface area (Å²) >= 11 is 0. The monoisotopic (exact) mass is 243 g/mol. The molecule has 0 aliphatic carbocycles. The van der Waals surface area contributed by atoms with E-state index in [2.05, 4.69) is 25.8 Å². The standard InChI is InChI=1S/C13H17N5/c1-4-14-5-2-8(1)12-11-9-3-6-15-13(9)16-7-10(11)17-18-12/h7-8,14H,1-6H2,(H,15,16)(H,17,18). The van der Waals surface area contributed by atoms with Crippen molar-refractivity contribution in [2.45, 2.75) is 25.2 Å². The number of hydrogen-bond acceptors (Lipinski definition) is 4. The van der Waals surface area contributed by atoms with Crippen molar-refractivity contribution in [1.29, 1.82) is 0 Å². The number of anilines is 1. The van der Waals surface area contributed by atoms with Gasteiger partial charge in [-0.15, -0.1) is 0 Å². The van der Waals surface area contributed by atoms with Gasteiger partial charge >= 0.3 is 0 Å². The molecule has 4 rings (SSSR count). The Labute approximate surface area is 105 Å². The lowest BCUT2D eigenvalue weighted by Crippen LogP contribution is -2.26. The summed E-state index contributed by atoms with van der Waals surface area (Å²) in [6.07, 6.45) is 5.34. The van der Waals surface area contributed by atoms with Crippen LogP contribution >= 0.6 is 0 Å². The first-order valence-corrected chi connectivity index (χ1v) is 6.74. The minimum atomic E-state index is 0.590. The molecular weight excluding hydrogens is 226 g/mol. The highest BCUT2D eigenvalue weighted by molar-refractivity contribution is 5.89. The summed E-state index contributed by atoms with van der Waals surface area (Å²) in [7, 11) is 0. The van der Waals surface area contributed by atoms with Gasteiger partial charge in [-0.2, -0.15) is 5.10 Å². The minimum Gasteiger partial charge on any atom is -0.369 e. The zero-order chi connectivity index (χ0) is 11.9. The van der Waals surface area contributed by atoms with E-state index in [1.807, 2.05) is 6.20 Å². The molecule has 94 valence electrons. The molecule has 2 aromatic rings. The van der Waals surface area contributed by atoms with Crippen molar-refractivity contribution in [2.75, 3.05) is 25.0 Å². The summed E-state index contributed by atoms with van der Waals surface area (Å²) in [4.78, 5) is 4.45. The van der Waals surface area contributed by atoms with Crippen LogP contribution in [0.15, 0.2) is 6.20 Å². The molecule has 5 nitrogen and oxygen atoms in total. The second-order valence-electron chi connectivity index (χ2n) is 5.18. The van der Waals surface area contributed by atoms with Crippen molar-refractivity contribution in [3.8, 4) is 0 Å². The number of rotatable bonds is 1. The van der Waals surface area contributed by atoms with E-state index in [1.165, 1.54) is 29.5 Å². The Kier molecular flexibility index (Phi) is 2.26. The Morgan fingerprint density at radius 3 is 2.94 bits per heavy atom. The average molecular weight is 243 g/mol. The molecule has 1 fully saturated rings. The molecule has 0 bridgehead atoms. The maximum Gasteiger partial charge on any atom is 0.130 e. The van der Waals surface area contributed by atoms with Gasteiger partial charge in [-0.3, -0.25) is 5.10 Å². The molecule has 0 saturated carbocycles. The topological polar surface area (TPSA) is 65.6 Å². The fraction of sp³-hybridized carbons (Fsp3) is 0.538. The molecule has 1 saturated heterocycles. The maximum absolute atomic E-state index is 4.58. The zero-order valence-electron chi connectivity index (χ0n) is 10.3. The Balaban J connectivity index is 1.87. The lowest BCUT2D eigenvalue weighted by Gasteiger charge is -2.21. The molecule has 3 N–H and O–H groups in total. The molecule has 2 aromatic heterocycles. The van der Waals surface area contributed by atoms with Gasteiger partial charge < -0.3 is 10.6 Å². The third-order valence-corrected chi connectivity index (χ3v) is 4.13. The molecule has 0 unspecified atom stereocenters. The predicted octanol–water partition coefficient (Wildman–Crippen LogP) is 1.39. The lowest BCUT2D eigenvalue weighted by molar-refractivity contribution is 0.454. The Morgan fingerprint density at radius 2 is 2.06 bits per heavy atom. The van der Waals surface area contributed by atoms with E-state index in [0.717, 1.165) is 37.4 Å². The lowest BCUT2D eigenvalue weighted by atomic mass is 9.91. The van der Waals surface area contributed by atoms with E-state index in [-0.39, 0.29) is 0 Å².